The van der Waals surface area contributed by atoms with Gasteiger partial charge < -0.3 is 9.84 Å². The predicted octanol–water partition coefficient (Wildman–Crippen LogP) is -0.482. The third-order valence-electron chi connectivity index (χ3n) is 3.85. The van der Waals surface area contributed by atoms with Gasteiger partial charge in [-0.3, -0.25) is 14.8 Å². The Morgan fingerprint density at radius 2 is 2.00 bits per heavy atom. The fourth-order valence-corrected chi connectivity index (χ4v) is 2.84. The van der Waals surface area contributed by atoms with Crippen LogP contribution in [0.4, 0.5) is 0 Å². The molecule has 0 spiro atoms. The molecule has 0 amide bonds. The average molecular weight is 250 g/mol. The van der Waals surface area contributed by atoms with Gasteiger partial charge in [-0.2, -0.15) is 0 Å². The van der Waals surface area contributed by atoms with E-state index in [1.54, 1.807) is 19.5 Å². The van der Waals surface area contributed by atoms with Crippen LogP contribution in [-0.2, 0) is 0 Å². The first kappa shape index (κ1) is 11.8. The molecule has 2 bridgehead atoms. The van der Waals surface area contributed by atoms with Crippen LogP contribution >= 0.6 is 0 Å². The van der Waals surface area contributed by atoms with Crippen LogP contribution < -0.4 is 4.74 Å². The van der Waals surface area contributed by atoms with Crippen LogP contribution in [0.3, 0.4) is 0 Å². The lowest BCUT2D eigenvalue weighted by Gasteiger charge is -2.48. The third-order valence-corrected chi connectivity index (χ3v) is 3.85. The highest BCUT2D eigenvalue weighted by atomic mass is 16.5. The molecule has 6 nitrogen and oxygen atoms in total. The third kappa shape index (κ3) is 1.96. The standard InChI is InChI=1S/C12H18N4O2/c1-18-12-10(13-2-3-14-12)11(17)9-8-15-4-6-16(9)7-5-15/h2-3,9,11,17H,4-8H2,1H3. The van der Waals surface area contributed by atoms with Gasteiger partial charge in [0.05, 0.1) is 13.2 Å². The van der Waals surface area contributed by atoms with E-state index in [1.807, 2.05) is 0 Å². The van der Waals surface area contributed by atoms with Crippen molar-refractivity contribution >= 4 is 0 Å². The Labute approximate surface area is 106 Å². The molecular weight excluding hydrogens is 232 g/mol. The topological polar surface area (TPSA) is 61.7 Å². The number of ether oxygens (including phenoxy) is 1. The van der Waals surface area contributed by atoms with Crippen molar-refractivity contribution < 1.29 is 9.84 Å². The number of fused-ring (bicyclic) bond motifs is 3. The Kier molecular flexibility index (Phi) is 3.15. The van der Waals surface area contributed by atoms with Gasteiger partial charge in [0.2, 0.25) is 5.88 Å². The highest BCUT2D eigenvalue weighted by Crippen LogP contribution is 2.29. The van der Waals surface area contributed by atoms with E-state index >= 15 is 0 Å². The largest absolute Gasteiger partial charge is 0.480 e. The maximum atomic E-state index is 10.5. The lowest BCUT2D eigenvalue weighted by Crippen LogP contribution is -2.62. The van der Waals surface area contributed by atoms with Crippen LogP contribution in [0.5, 0.6) is 5.88 Å². The van der Waals surface area contributed by atoms with Gasteiger partial charge in [-0.1, -0.05) is 0 Å². The van der Waals surface area contributed by atoms with Crippen molar-refractivity contribution in [2.75, 3.05) is 39.8 Å². The summed E-state index contributed by atoms with van der Waals surface area (Å²) in [6, 6.07) is 0.0955. The van der Waals surface area contributed by atoms with Crippen molar-refractivity contribution in [3.63, 3.8) is 0 Å². The molecule has 4 rings (SSSR count). The summed E-state index contributed by atoms with van der Waals surface area (Å²) in [6.07, 6.45) is 2.53. The highest BCUT2D eigenvalue weighted by molar-refractivity contribution is 5.22. The summed E-state index contributed by atoms with van der Waals surface area (Å²) < 4.78 is 5.17. The smallest absolute Gasteiger partial charge is 0.238 e. The zero-order valence-corrected chi connectivity index (χ0v) is 10.5. The lowest BCUT2D eigenvalue weighted by molar-refractivity contribution is -0.0490. The SMILES string of the molecule is COc1nccnc1C(O)C1CN2CCN1CC2. The molecule has 3 aliphatic rings. The first-order valence-electron chi connectivity index (χ1n) is 6.29. The molecule has 4 heterocycles. The first-order chi connectivity index (χ1) is 8.79. The Morgan fingerprint density at radius 1 is 1.28 bits per heavy atom. The number of piperazine rings is 3. The zero-order chi connectivity index (χ0) is 12.5. The molecule has 0 saturated carbocycles. The van der Waals surface area contributed by atoms with Crippen LogP contribution in [0.15, 0.2) is 12.4 Å². The number of aromatic nitrogens is 2. The zero-order valence-electron chi connectivity index (χ0n) is 10.5. The van der Waals surface area contributed by atoms with E-state index in [4.69, 9.17) is 4.74 Å². The summed E-state index contributed by atoms with van der Waals surface area (Å²) in [5, 5.41) is 10.5. The molecule has 2 unspecified atom stereocenters. The van der Waals surface area contributed by atoms with E-state index in [-0.39, 0.29) is 6.04 Å². The normalized spacial score (nSPS) is 32.2. The molecule has 3 aliphatic heterocycles. The Hall–Kier alpha value is -1.24. The Morgan fingerprint density at radius 3 is 2.61 bits per heavy atom. The van der Waals surface area contributed by atoms with E-state index in [1.165, 1.54) is 0 Å². The summed E-state index contributed by atoms with van der Waals surface area (Å²) >= 11 is 0. The van der Waals surface area contributed by atoms with Crippen molar-refractivity contribution in [3.8, 4) is 5.88 Å². The van der Waals surface area contributed by atoms with E-state index in [0.29, 0.717) is 11.6 Å². The van der Waals surface area contributed by atoms with E-state index in [9.17, 15) is 5.11 Å². The molecule has 3 fully saturated rings. The summed E-state index contributed by atoms with van der Waals surface area (Å²) in [7, 11) is 1.55. The maximum Gasteiger partial charge on any atom is 0.238 e. The number of methoxy groups -OCH3 is 1. The summed E-state index contributed by atoms with van der Waals surface area (Å²) in [5.74, 6) is 0.419. The number of aliphatic hydroxyl groups excluding tert-OH is 1. The first-order valence-corrected chi connectivity index (χ1v) is 6.29. The molecular formula is C12H18N4O2. The number of aliphatic hydroxyl groups is 1. The molecule has 2 atom stereocenters. The van der Waals surface area contributed by atoms with Gasteiger partial charge in [0.25, 0.3) is 0 Å². The van der Waals surface area contributed by atoms with Crippen LogP contribution in [0.25, 0.3) is 0 Å². The molecule has 3 saturated heterocycles. The molecule has 98 valence electrons. The van der Waals surface area contributed by atoms with Gasteiger partial charge in [-0.25, -0.2) is 4.98 Å². The van der Waals surface area contributed by atoms with Gasteiger partial charge in [0.1, 0.15) is 11.8 Å². The van der Waals surface area contributed by atoms with Gasteiger partial charge in [0.15, 0.2) is 0 Å². The quantitative estimate of drug-likeness (QED) is 0.782. The summed E-state index contributed by atoms with van der Waals surface area (Å²) in [5.41, 5.74) is 0.541. The number of nitrogens with zero attached hydrogens (tertiary/aromatic N) is 4. The van der Waals surface area contributed by atoms with Crippen molar-refractivity contribution in [2.24, 2.45) is 0 Å². The minimum Gasteiger partial charge on any atom is -0.480 e. The highest BCUT2D eigenvalue weighted by Gasteiger charge is 2.38. The van der Waals surface area contributed by atoms with Crippen molar-refractivity contribution in [1.29, 1.82) is 0 Å². The monoisotopic (exact) mass is 250 g/mol. The maximum absolute atomic E-state index is 10.5. The van der Waals surface area contributed by atoms with Crippen LogP contribution in [-0.4, -0.2) is 70.7 Å². The van der Waals surface area contributed by atoms with Gasteiger partial charge >= 0.3 is 0 Å². The van der Waals surface area contributed by atoms with Crippen LogP contribution in [0, 0.1) is 0 Å². The molecule has 1 aromatic heterocycles. The fraction of sp³-hybridized carbons (Fsp3) is 0.667. The summed E-state index contributed by atoms with van der Waals surface area (Å²) in [4.78, 5) is 13.0. The van der Waals surface area contributed by atoms with E-state index in [2.05, 4.69) is 19.8 Å². The predicted molar refractivity (Wildman–Crippen MR) is 65.3 cm³/mol. The second-order valence-electron chi connectivity index (χ2n) is 4.80. The second kappa shape index (κ2) is 4.79. The number of hydrogen-bond acceptors (Lipinski definition) is 6. The minimum absolute atomic E-state index is 0.0955. The van der Waals surface area contributed by atoms with Crippen molar-refractivity contribution in [2.45, 2.75) is 12.1 Å². The average Bonchev–Trinajstić information content (AvgIpc) is 2.47. The minimum atomic E-state index is -0.642. The van der Waals surface area contributed by atoms with E-state index < -0.39 is 6.10 Å². The second-order valence-corrected chi connectivity index (χ2v) is 4.80. The molecule has 0 radical (unpaired) electrons. The van der Waals surface area contributed by atoms with Gasteiger partial charge in [-0.05, 0) is 0 Å². The molecule has 0 aromatic carbocycles. The van der Waals surface area contributed by atoms with Crippen LogP contribution in [0.1, 0.15) is 11.8 Å². The Balaban J connectivity index is 1.83. The van der Waals surface area contributed by atoms with Crippen LogP contribution in [0.2, 0.25) is 0 Å². The summed E-state index contributed by atoms with van der Waals surface area (Å²) in [6.45, 7) is 5.12. The number of rotatable bonds is 3. The fourth-order valence-electron chi connectivity index (χ4n) is 2.84. The van der Waals surface area contributed by atoms with E-state index in [0.717, 1.165) is 32.7 Å². The van der Waals surface area contributed by atoms with Gasteiger partial charge in [-0.15, -0.1) is 0 Å². The molecule has 6 heteroatoms. The molecule has 0 aliphatic carbocycles. The lowest BCUT2D eigenvalue weighted by atomic mass is 10.00. The molecule has 1 aromatic rings. The molecule has 1 N–H and O–H groups in total. The van der Waals surface area contributed by atoms with Gasteiger partial charge in [0, 0.05) is 45.1 Å². The van der Waals surface area contributed by atoms with Crippen molar-refractivity contribution in [1.82, 2.24) is 19.8 Å². The Bertz CT molecular complexity index is 420. The van der Waals surface area contributed by atoms with Crippen molar-refractivity contribution in [3.05, 3.63) is 18.1 Å². The number of hydrogen-bond donors (Lipinski definition) is 1. The molecule has 18 heavy (non-hydrogen) atoms.